The molecule has 156 valence electrons. The molecule has 2 aromatic rings. The SMILES string of the molecule is Cc1cccc(C)c1N1C(=O)C2C3CCCN3C3(C(=O)c4ccccc4C3=O)C2C1=O. The van der Waals surface area contributed by atoms with Crippen LogP contribution in [0.5, 0.6) is 0 Å². The van der Waals surface area contributed by atoms with Crippen molar-refractivity contribution >= 4 is 29.1 Å². The highest BCUT2D eigenvalue weighted by Crippen LogP contribution is 2.57. The van der Waals surface area contributed by atoms with Crippen LogP contribution in [0.1, 0.15) is 44.7 Å². The highest BCUT2D eigenvalue weighted by Gasteiger charge is 2.76. The smallest absolute Gasteiger partial charge is 0.240 e. The lowest BCUT2D eigenvalue weighted by Gasteiger charge is -2.35. The van der Waals surface area contributed by atoms with Crippen LogP contribution in [0.15, 0.2) is 42.5 Å². The van der Waals surface area contributed by atoms with Gasteiger partial charge < -0.3 is 0 Å². The van der Waals surface area contributed by atoms with Gasteiger partial charge in [-0.15, -0.1) is 0 Å². The summed E-state index contributed by atoms with van der Waals surface area (Å²) in [5.41, 5.74) is 1.38. The molecule has 2 amide bonds. The van der Waals surface area contributed by atoms with Crippen LogP contribution in [0.25, 0.3) is 0 Å². The van der Waals surface area contributed by atoms with E-state index >= 15 is 0 Å². The normalized spacial score (nSPS) is 28.6. The minimum atomic E-state index is -1.59. The van der Waals surface area contributed by atoms with Crippen molar-refractivity contribution in [3.63, 3.8) is 0 Å². The number of imide groups is 1. The van der Waals surface area contributed by atoms with Gasteiger partial charge in [-0.05, 0) is 44.4 Å². The number of anilines is 1. The zero-order chi connectivity index (χ0) is 21.7. The number of Topliss-reactive ketones (excluding diaryl/α,β-unsaturated/α-hetero) is 2. The molecule has 31 heavy (non-hydrogen) atoms. The van der Waals surface area contributed by atoms with Gasteiger partial charge >= 0.3 is 0 Å². The molecule has 2 aromatic carbocycles. The highest BCUT2D eigenvalue weighted by molar-refractivity contribution is 6.38. The summed E-state index contributed by atoms with van der Waals surface area (Å²) >= 11 is 0. The summed E-state index contributed by atoms with van der Waals surface area (Å²) in [4.78, 5) is 58.4. The molecule has 0 N–H and O–H groups in total. The van der Waals surface area contributed by atoms with E-state index in [-0.39, 0.29) is 23.5 Å². The Hall–Kier alpha value is -3.12. The van der Waals surface area contributed by atoms with E-state index in [9.17, 15) is 19.2 Å². The van der Waals surface area contributed by atoms with E-state index in [1.807, 2.05) is 36.9 Å². The minimum Gasteiger partial charge on any atom is -0.291 e. The average molecular weight is 414 g/mol. The van der Waals surface area contributed by atoms with Gasteiger partial charge in [0.25, 0.3) is 0 Å². The van der Waals surface area contributed by atoms with Gasteiger partial charge in [0.05, 0.1) is 17.5 Å². The number of hydrogen-bond donors (Lipinski definition) is 0. The van der Waals surface area contributed by atoms with Crippen molar-refractivity contribution in [1.29, 1.82) is 0 Å². The van der Waals surface area contributed by atoms with Gasteiger partial charge in [0.1, 0.15) is 0 Å². The molecule has 0 saturated carbocycles. The first kappa shape index (κ1) is 18.6. The predicted octanol–water partition coefficient (Wildman–Crippen LogP) is 2.71. The van der Waals surface area contributed by atoms with E-state index < -0.39 is 23.3 Å². The first-order valence-corrected chi connectivity index (χ1v) is 10.8. The fourth-order valence-electron chi connectivity index (χ4n) is 6.62. The Morgan fingerprint density at radius 2 is 1.45 bits per heavy atom. The predicted molar refractivity (Wildman–Crippen MR) is 113 cm³/mol. The van der Waals surface area contributed by atoms with Gasteiger partial charge in [-0.2, -0.15) is 0 Å². The van der Waals surface area contributed by atoms with Crippen LogP contribution < -0.4 is 4.90 Å². The third-order valence-electron chi connectivity index (χ3n) is 7.74. The fourth-order valence-corrected chi connectivity index (χ4v) is 6.62. The van der Waals surface area contributed by atoms with Gasteiger partial charge in [-0.3, -0.25) is 24.1 Å². The molecule has 6 heteroatoms. The van der Waals surface area contributed by atoms with Crippen LogP contribution >= 0.6 is 0 Å². The molecule has 0 radical (unpaired) electrons. The molecule has 1 aliphatic carbocycles. The van der Waals surface area contributed by atoms with Crippen molar-refractivity contribution in [3.05, 3.63) is 64.7 Å². The lowest BCUT2D eigenvalue weighted by atomic mass is 9.76. The van der Waals surface area contributed by atoms with Crippen molar-refractivity contribution in [1.82, 2.24) is 4.90 Å². The first-order chi connectivity index (χ1) is 14.9. The second kappa shape index (κ2) is 5.98. The zero-order valence-corrected chi connectivity index (χ0v) is 17.4. The number of carbonyl (C=O) groups is 4. The zero-order valence-electron chi connectivity index (χ0n) is 17.4. The molecular weight excluding hydrogens is 392 g/mol. The van der Waals surface area contributed by atoms with Gasteiger partial charge in [0.2, 0.25) is 11.8 Å². The van der Waals surface area contributed by atoms with Gasteiger partial charge in [-0.25, -0.2) is 4.90 Å². The third kappa shape index (κ3) is 1.97. The van der Waals surface area contributed by atoms with E-state index in [0.29, 0.717) is 29.8 Å². The number of rotatable bonds is 1. The van der Waals surface area contributed by atoms with Crippen molar-refractivity contribution in [2.24, 2.45) is 11.8 Å². The summed E-state index contributed by atoms with van der Waals surface area (Å²) in [7, 11) is 0. The topological polar surface area (TPSA) is 74.8 Å². The second-order valence-corrected chi connectivity index (χ2v) is 9.13. The summed E-state index contributed by atoms with van der Waals surface area (Å²) in [6, 6.07) is 12.2. The van der Waals surface area contributed by atoms with Crippen molar-refractivity contribution in [2.45, 2.75) is 38.3 Å². The first-order valence-electron chi connectivity index (χ1n) is 10.8. The Morgan fingerprint density at radius 3 is 2.06 bits per heavy atom. The Balaban J connectivity index is 1.57. The van der Waals surface area contributed by atoms with Crippen LogP contribution in [0.3, 0.4) is 0 Å². The van der Waals surface area contributed by atoms with E-state index in [1.165, 1.54) is 4.90 Å². The van der Waals surface area contributed by atoms with E-state index in [4.69, 9.17) is 0 Å². The van der Waals surface area contributed by atoms with E-state index in [1.54, 1.807) is 24.3 Å². The number of aryl methyl sites for hydroxylation is 2. The number of amides is 2. The molecule has 3 atom stereocenters. The summed E-state index contributed by atoms with van der Waals surface area (Å²) in [6.45, 7) is 4.29. The average Bonchev–Trinajstić information content (AvgIpc) is 3.44. The molecule has 6 nitrogen and oxygen atoms in total. The number of para-hydroxylation sites is 1. The van der Waals surface area contributed by atoms with E-state index in [0.717, 1.165) is 17.5 Å². The summed E-state index contributed by atoms with van der Waals surface area (Å²) in [6.07, 6.45) is 1.51. The number of ketones is 2. The number of hydrogen-bond acceptors (Lipinski definition) is 5. The maximum atomic E-state index is 13.9. The largest absolute Gasteiger partial charge is 0.291 e. The summed E-state index contributed by atoms with van der Waals surface area (Å²) in [5, 5.41) is 0. The molecule has 3 saturated heterocycles. The third-order valence-corrected chi connectivity index (χ3v) is 7.74. The van der Waals surface area contributed by atoms with Crippen LogP contribution in [0.4, 0.5) is 5.69 Å². The van der Waals surface area contributed by atoms with Crippen LogP contribution in [-0.2, 0) is 9.59 Å². The van der Waals surface area contributed by atoms with Crippen molar-refractivity contribution in [3.8, 4) is 0 Å². The Morgan fingerprint density at radius 1 is 0.839 bits per heavy atom. The van der Waals surface area contributed by atoms with Crippen molar-refractivity contribution < 1.29 is 19.2 Å². The lowest BCUT2D eigenvalue weighted by Crippen LogP contribution is -2.59. The fraction of sp³-hybridized carbons (Fsp3) is 0.360. The molecule has 0 bridgehead atoms. The molecule has 6 rings (SSSR count). The quantitative estimate of drug-likeness (QED) is 0.530. The van der Waals surface area contributed by atoms with Crippen molar-refractivity contribution in [2.75, 3.05) is 11.4 Å². The number of benzene rings is 2. The monoisotopic (exact) mass is 414 g/mol. The van der Waals surface area contributed by atoms with E-state index in [2.05, 4.69) is 0 Å². The lowest BCUT2D eigenvalue weighted by molar-refractivity contribution is -0.124. The molecule has 3 unspecified atom stereocenters. The molecule has 4 aliphatic rings. The molecule has 3 fully saturated rings. The molecule has 0 aromatic heterocycles. The number of nitrogens with zero attached hydrogens (tertiary/aromatic N) is 2. The Bertz CT molecular complexity index is 1160. The summed E-state index contributed by atoms with van der Waals surface area (Å²) in [5.74, 6) is -2.99. The van der Waals surface area contributed by atoms with Crippen LogP contribution in [-0.4, -0.2) is 46.4 Å². The number of fused-ring (bicyclic) bond motifs is 6. The van der Waals surface area contributed by atoms with Gasteiger partial charge in [0, 0.05) is 17.2 Å². The molecule has 3 aliphatic heterocycles. The second-order valence-electron chi connectivity index (χ2n) is 9.13. The Labute approximate surface area is 179 Å². The van der Waals surface area contributed by atoms with Gasteiger partial charge in [-0.1, -0.05) is 42.5 Å². The molecule has 1 spiro atoms. The maximum absolute atomic E-state index is 13.9. The minimum absolute atomic E-state index is 0.266. The standard InChI is InChI=1S/C25H22N2O4/c1-13-7-5-8-14(2)20(13)27-23(30)18-17-11-6-12-26(17)25(19(18)24(27)31)21(28)15-9-3-4-10-16(15)22(25)29/h3-5,7-10,17-19H,6,11-12H2,1-2H3. The Kier molecular flexibility index (Phi) is 3.59. The van der Waals surface area contributed by atoms with Crippen LogP contribution in [0, 0.1) is 25.7 Å². The highest BCUT2D eigenvalue weighted by atomic mass is 16.2. The summed E-state index contributed by atoms with van der Waals surface area (Å²) < 4.78 is 0. The molecular formula is C25H22N2O4. The molecule has 3 heterocycles. The van der Waals surface area contributed by atoms with Crippen LogP contribution in [0.2, 0.25) is 0 Å². The maximum Gasteiger partial charge on any atom is 0.240 e. The number of carbonyl (C=O) groups excluding carboxylic acids is 4. The van der Waals surface area contributed by atoms with Gasteiger partial charge in [0.15, 0.2) is 17.1 Å².